The van der Waals surface area contributed by atoms with Gasteiger partial charge in [-0.25, -0.2) is 9.59 Å². The van der Waals surface area contributed by atoms with E-state index in [-0.39, 0.29) is 24.6 Å². The SMILES string of the molecule is CN(C)C[C@H](NC(=O)c1ccc(NC(=O)OCC2c3ccccc3-c3ccccc32)cc1)C(=O)O. The highest BCUT2D eigenvalue weighted by Gasteiger charge is 2.29. The number of ether oxygens (including phenoxy) is 1. The third-order valence-corrected chi connectivity index (χ3v) is 5.89. The van der Waals surface area contributed by atoms with Crippen LogP contribution >= 0.6 is 0 Å². The van der Waals surface area contributed by atoms with E-state index in [2.05, 4.69) is 34.9 Å². The van der Waals surface area contributed by atoms with Gasteiger partial charge in [-0.05, 0) is 60.6 Å². The number of anilines is 1. The average molecular weight is 474 g/mol. The normalized spacial score (nSPS) is 13.0. The number of carbonyl (C=O) groups is 3. The van der Waals surface area contributed by atoms with Crippen molar-refractivity contribution in [1.82, 2.24) is 10.2 Å². The molecule has 1 atom stereocenters. The summed E-state index contributed by atoms with van der Waals surface area (Å²) in [5.41, 5.74) is 5.31. The van der Waals surface area contributed by atoms with Crippen LogP contribution in [0.1, 0.15) is 27.4 Å². The molecule has 180 valence electrons. The molecule has 0 bridgehead atoms. The molecule has 0 spiro atoms. The first kappa shape index (κ1) is 24.0. The Morgan fingerprint density at radius 3 is 2.03 bits per heavy atom. The van der Waals surface area contributed by atoms with Crippen molar-refractivity contribution < 1.29 is 24.2 Å². The second-order valence-corrected chi connectivity index (χ2v) is 8.65. The van der Waals surface area contributed by atoms with Crippen LogP contribution in [-0.2, 0) is 9.53 Å². The molecule has 0 heterocycles. The lowest BCUT2D eigenvalue weighted by molar-refractivity contribution is -0.139. The molecule has 0 fully saturated rings. The standard InChI is InChI=1S/C27H27N3O5/c1-30(2)15-24(26(32)33)29-25(31)17-11-13-18(14-12-17)28-27(34)35-16-23-21-9-5-3-7-19(21)20-8-4-6-10-22(20)23/h3-14,23-24H,15-16H2,1-2H3,(H,28,34)(H,29,31)(H,32,33)/t24-/m0/s1. The third kappa shape index (κ3) is 5.50. The summed E-state index contributed by atoms with van der Waals surface area (Å²) in [5, 5.41) is 14.5. The van der Waals surface area contributed by atoms with Crippen molar-refractivity contribution in [2.75, 3.05) is 32.6 Å². The summed E-state index contributed by atoms with van der Waals surface area (Å²) in [7, 11) is 3.46. The van der Waals surface area contributed by atoms with E-state index in [1.807, 2.05) is 24.3 Å². The fourth-order valence-electron chi connectivity index (χ4n) is 4.25. The second-order valence-electron chi connectivity index (χ2n) is 8.65. The highest BCUT2D eigenvalue weighted by Crippen LogP contribution is 2.44. The largest absolute Gasteiger partial charge is 0.480 e. The van der Waals surface area contributed by atoms with Crippen molar-refractivity contribution in [3.8, 4) is 11.1 Å². The lowest BCUT2D eigenvalue weighted by atomic mass is 9.98. The number of carbonyl (C=O) groups excluding carboxylic acids is 2. The second kappa shape index (κ2) is 10.4. The van der Waals surface area contributed by atoms with Crippen LogP contribution in [0.2, 0.25) is 0 Å². The fraction of sp³-hybridized carbons (Fsp3) is 0.222. The van der Waals surface area contributed by atoms with E-state index >= 15 is 0 Å². The van der Waals surface area contributed by atoms with Crippen LogP contribution < -0.4 is 10.6 Å². The molecule has 2 amide bonds. The molecule has 0 aromatic heterocycles. The smallest absolute Gasteiger partial charge is 0.411 e. The van der Waals surface area contributed by atoms with Crippen LogP contribution in [-0.4, -0.2) is 61.3 Å². The van der Waals surface area contributed by atoms with Crippen molar-refractivity contribution in [2.24, 2.45) is 0 Å². The summed E-state index contributed by atoms with van der Waals surface area (Å²) >= 11 is 0. The Balaban J connectivity index is 1.35. The van der Waals surface area contributed by atoms with E-state index in [4.69, 9.17) is 4.74 Å². The first-order chi connectivity index (χ1) is 16.8. The summed E-state index contributed by atoms with van der Waals surface area (Å²) in [6.45, 7) is 0.366. The van der Waals surface area contributed by atoms with Crippen LogP contribution in [0.25, 0.3) is 11.1 Å². The molecule has 0 saturated carbocycles. The van der Waals surface area contributed by atoms with Gasteiger partial charge >= 0.3 is 12.1 Å². The molecule has 3 aromatic carbocycles. The van der Waals surface area contributed by atoms with Crippen LogP contribution in [0.5, 0.6) is 0 Å². The number of carboxylic acids is 1. The first-order valence-corrected chi connectivity index (χ1v) is 11.2. The lowest BCUT2D eigenvalue weighted by Gasteiger charge is -2.18. The third-order valence-electron chi connectivity index (χ3n) is 5.89. The van der Waals surface area contributed by atoms with Crippen LogP contribution in [0.4, 0.5) is 10.5 Å². The Hall–Kier alpha value is -4.17. The maximum atomic E-state index is 12.5. The van der Waals surface area contributed by atoms with E-state index < -0.39 is 24.0 Å². The number of nitrogens with one attached hydrogen (secondary N) is 2. The monoisotopic (exact) mass is 473 g/mol. The van der Waals surface area contributed by atoms with Crippen LogP contribution in [0.3, 0.4) is 0 Å². The zero-order chi connectivity index (χ0) is 24.9. The Morgan fingerprint density at radius 2 is 1.49 bits per heavy atom. The number of hydrogen-bond acceptors (Lipinski definition) is 5. The van der Waals surface area contributed by atoms with Gasteiger partial charge in [0.2, 0.25) is 0 Å². The molecular weight excluding hydrogens is 446 g/mol. The highest BCUT2D eigenvalue weighted by atomic mass is 16.5. The van der Waals surface area contributed by atoms with Gasteiger partial charge in [0.1, 0.15) is 12.6 Å². The van der Waals surface area contributed by atoms with E-state index in [1.54, 1.807) is 31.1 Å². The number of aliphatic carboxylic acids is 1. The van der Waals surface area contributed by atoms with Crippen molar-refractivity contribution in [2.45, 2.75) is 12.0 Å². The lowest BCUT2D eigenvalue weighted by Crippen LogP contribution is -2.46. The molecule has 4 rings (SSSR count). The minimum absolute atomic E-state index is 0.0384. The highest BCUT2D eigenvalue weighted by molar-refractivity contribution is 5.97. The Morgan fingerprint density at radius 1 is 0.914 bits per heavy atom. The predicted octanol–water partition coefficient (Wildman–Crippen LogP) is 3.79. The van der Waals surface area contributed by atoms with Gasteiger partial charge in [0.15, 0.2) is 0 Å². The number of carboxylic acid groups (broad SMARTS) is 1. The quantitative estimate of drug-likeness (QED) is 0.459. The Kier molecular flexibility index (Phi) is 7.12. The van der Waals surface area contributed by atoms with E-state index in [1.165, 1.54) is 12.1 Å². The molecule has 1 aliphatic carbocycles. The zero-order valence-electron chi connectivity index (χ0n) is 19.5. The van der Waals surface area contributed by atoms with Gasteiger partial charge in [0, 0.05) is 23.7 Å². The molecule has 0 aliphatic heterocycles. The molecule has 0 unspecified atom stereocenters. The Bertz CT molecular complexity index is 1190. The fourth-order valence-corrected chi connectivity index (χ4v) is 4.25. The summed E-state index contributed by atoms with van der Waals surface area (Å²) < 4.78 is 5.54. The summed E-state index contributed by atoms with van der Waals surface area (Å²) in [4.78, 5) is 37.9. The van der Waals surface area contributed by atoms with Crippen LogP contribution in [0, 0.1) is 0 Å². The molecule has 1 aliphatic rings. The molecule has 0 saturated heterocycles. The van der Waals surface area contributed by atoms with Gasteiger partial charge in [-0.3, -0.25) is 10.1 Å². The van der Waals surface area contributed by atoms with Gasteiger partial charge in [-0.15, -0.1) is 0 Å². The maximum Gasteiger partial charge on any atom is 0.411 e. The first-order valence-electron chi connectivity index (χ1n) is 11.2. The molecule has 8 heteroatoms. The minimum Gasteiger partial charge on any atom is -0.480 e. The topological polar surface area (TPSA) is 108 Å². The van der Waals surface area contributed by atoms with E-state index in [0.29, 0.717) is 5.69 Å². The van der Waals surface area contributed by atoms with Crippen molar-refractivity contribution in [3.05, 3.63) is 89.5 Å². The van der Waals surface area contributed by atoms with E-state index in [9.17, 15) is 19.5 Å². The number of likely N-dealkylation sites (N-methyl/N-ethyl adjacent to an activating group) is 1. The number of amides is 2. The van der Waals surface area contributed by atoms with Crippen molar-refractivity contribution >= 4 is 23.7 Å². The molecular formula is C27H27N3O5. The molecule has 3 aromatic rings. The maximum absolute atomic E-state index is 12.5. The minimum atomic E-state index is -1.11. The number of nitrogens with zero attached hydrogens (tertiary/aromatic N) is 1. The number of hydrogen-bond donors (Lipinski definition) is 3. The van der Waals surface area contributed by atoms with Gasteiger partial charge in [-0.2, -0.15) is 0 Å². The molecule has 35 heavy (non-hydrogen) atoms. The van der Waals surface area contributed by atoms with Crippen molar-refractivity contribution in [3.63, 3.8) is 0 Å². The summed E-state index contributed by atoms with van der Waals surface area (Å²) in [6.07, 6.45) is -0.596. The zero-order valence-corrected chi connectivity index (χ0v) is 19.5. The molecule has 8 nitrogen and oxygen atoms in total. The average Bonchev–Trinajstić information content (AvgIpc) is 3.16. The summed E-state index contributed by atoms with van der Waals surface area (Å²) in [5.74, 6) is -1.66. The van der Waals surface area contributed by atoms with Gasteiger partial charge in [0.25, 0.3) is 5.91 Å². The van der Waals surface area contributed by atoms with Gasteiger partial charge < -0.3 is 20.1 Å². The van der Waals surface area contributed by atoms with Gasteiger partial charge in [-0.1, -0.05) is 48.5 Å². The van der Waals surface area contributed by atoms with E-state index in [0.717, 1.165) is 22.3 Å². The van der Waals surface area contributed by atoms with Crippen LogP contribution in [0.15, 0.2) is 72.8 Å². The number of rotatable bonds is 8. The predicted molar refractivity (Wildman–Crippen MR) is 133 cm³/mol. The number of benzene rings is 3. The summed E-state index contributed by atoms with van der Waals surface area (Å²) in [6, 6.07) is 21.4. The number of fused-ring (bicyclic) bond motifs is 3. The Labute approximate surface area is 203 Å². The molecule has 0 radical (unpaired) electrons. The molecule has 3 N–H and O–H groups in total. The van der Waals surface area contributed by atoms with Crippen molar-refractivity contribution in [1.29, 1.82) is 0 Å². The van der Waals surface area contributed by atoms with Gasteiger partial charge in [0.05, 0.1) is 0 Å².